The largest absolute Gasteiger partial charge is 0.342 e. The van der Waals surface area contributed by atoms with Gasteiger partial charge < -0.3 is 10.6 Å². The normalized spacial score (nSPS) is 29.3. The lowest BCUT2D eigenvalue weighted by Crippen LogP contribution is -2.45. The summed E-state index contributed by atoms with van der Waals surface area (Å²) < 4.78 is 26.1. The lowest BCUT2D eigenvalue weighted by atomic mass is 9.85. The Morgan fingerprint density at radius 2 is 1.94 bits per heavy atom. The van der Waals surface area contributed by atoms with Crippen molar-refractivity contribution in [2.24, 2.45) is 17.6 Å². The Kier molecular flexibility index (Phi) is 4.20. The number of rotatable bonds is 2. The van der Waals surface area contributed by atoms with E-state index in [1.807, 2.05) is 4.90 Å². The van der Waals surface area contributed by atoms with Gasteiger partial charge in [0.05, 0.1) is 0 Å². The molecule has 2 fully saturated rings. The molecule has 1 unspecified atom stereocenters. The van der Waals surface area contributed by atoms with Crippen molar-refractivity contribution >= 4 is 5.91 Å². The molecule has 2 N–H and O–H groups in total. The molecule has 0 radical (unpaired) electrons. The molecule has 1 heterocycles. The second kappa shape index (κ2) is 5.51. The highest BCUT2D eigenvalue weighted by atomic mass is 19.3. The maximum atomic E-state index is 13.1. The predicted octanol–water partition coefficient (Wildman–Crippen LogP) is 2.01. The molecular weight excluding hydrogens is 238 g/mol. The highest BCUT2D eigenvalue weighted by molar-refractivity contribution is 5.79. The number of carbonyl (C=O) groups is 1. The maximum Gasteiger partial charge on any atom is 0.248 e. The van der Waals surface area contributed by atoms with Gasteiger partial charge in [-0.25, -0.2) is 8.78 Å². The molecule has 3 nitrogen and oxygen atoms in total. The zero-order valence-electron chi connectivity index (χ0n) is 10.7. The van der Waals surface area contributed by atoms with Gasteiger partial charge in [-0.3, -0.25) is 4.79 Å². The van der Waals surface area contributed by atoms with E-state index in [-0.39, 0.29) is 24.7 Å². The highest BCUT2D eigenvalue weighted by Gasteiger charge is 2.39. The molecular formula is C13H22F2N2O. The summed E-state index contributed by atoms with van der Waals surface area (Å²) >= 11 is 0. The Labute approximate surface area is 107 Å². The molecule has 0 aromatic heterocycles. The van der Waals surface area contributed by atoms with Crippen LogP contribution in [0.4, 0.5) is 8.78 Å². The summed E-state index contributed by atoms with van der Waals surface area (Å²) in [6.45, 7) is 2.08. The molecule has 5 heteroatoms. The van der Waals surface area contributed by atoms with Crippen LogP contribution >= 0.6 is 0 Å². The minimum atomic E-state index is -2.56. The van der Waals surface area contributed by atoms with Crippen LogP contribution in [0.15, 0.2) is 0 Å². The summed E-state index contributed by atoms with van der Waals surface area (Å²) in [4.78, 5) is 14.1. The number of piperidine rings is 1. The topological polar surface area (TPSA) is 46.3 Å². The number of likely N-dealkylation sites (tertiary alicyclic amines) is 1. The van der Waals surface area contributed by atoms with E-state index in [4.69, 9.17) is 5.73 Å². The Balaban J connectivity index is 1.87. The van der Waals surface area contributed by atoms with E-state index in [1.54, 1.807) is 0 Å². The molecule has 0 aromatic carbocycles. The summed E-state index contributed by atoms with van der Waals surface area (Å²) in [7, 11) is 0. The van der Waals surface area contributed by atoms with Crippen LogP contribution in [0.1, 0.15) is 38.5 Å². The van der Waals surface area contributed by atoms with Crippen LogP contribution in [0.2, 0.25) is 0 Å². The molecule has 1 aliphatic heterocycles. The number of halogens is 2. The summed E-state index contributed by atoms with van der Waals surface area (Å²) in [6, 6.07) is 0. The minimum absolute atomic E-state index is 0.0728. The summed E-state index contributed by atoms with van der Waals surface area (Å²) in [5.74, 6) is -2.30. The van der Waals surface area contributed by atoms with Gasteiger partial charge in [-0.2, -0.15) is 0 Å². The number of alkyl halides is 2. The van der Waals surface area contributed by atoms with E-state index in [0.29, 0.717) is 31.8 Å². The first-order valence-corrected chi connectivity index (χ1v) is 6.88. The zero-order valence-corrected chi connectivity index (χ0v) is 10.7. The number of amides is 1. The molecule has 2 rings (SSSR count). The first kappa shape index (κ1) is 13.7. The number of hydrogen-bond acceptors (Lipinski definition) is 2. The standard InChI is InChI=1S/C13H22F2N2O/c14-13(15)5-3-11(4-6-13)12(18)17-7-1-2-10(8-16)9-17/h10-11H,1-9,16H2. The Morgan fingerprint density at radius 1 is 1.28 bits per heavy atom. The predicted molar refractivity (Wildman–Crippen MR) is 65.3 cm³/mol. The zero-order chi connectivity index (χ0) is 13.2. The second-order valence-electron chi connectivity index (χ2n) is 5.66. The molecule has 1 saturated carbocycles. The van der Waals surface area contributed by atoms with Crippen molar-refractivity contribution in [2.75, 3.05) is 19.6 Å². The number of nitrogens with two attached hydrogens (primary N) is 1. The molecule has 0 spiro atoms. The number of hydrogen-bond donors (Lipinski definition) is 1. The average Bonchev–Trinajstić information content (AvgIpc) is 2.38. The lowest BCUT2D eigenvalue weighted by molar-refractivity contribution is -0.141. The molecule has 0 bridgehead atoms. The van der Waals surface area contributed by atoms with Crippen LogP contribution in [-0.2, 0) is 4.79 Å². The van der Waals surface area contributed by atoms with Gasteiger partial charge in [0.1, 0.15) is 0 Å². The molecule has 0 aromatic rings. The highest BCUT2D eigenvalue weighted by Crippen LogP contribution is 2.37. The third-order valence-corrected chi connectivity index (χ3v) is 4.23. The maximum absolute atomic E-state index is 13.1. The van der Waals surface area contributed by atoms with Crippen LogP contribution in [0, 0.1) is 11.8 Å². The molecule has 1 atom stereocenters. The van der Waals surface area contributed by atoms with Gasteiger partial charge in [-0.1, -0.05) is 0 Å². The van der Waals surface area contributed by atoms with Gasteiger partial charge in [-0.05, 0) is 38.1 Å². The van der Waals surface area contributed by atoms with E-state index < -0.39 is 5.92 Å². The van der Waals surface area contributed by atoms with Crippen molar-refractivity contribution in [2.45, 2.75) is 44.4 Å². The van der Waals surface area contributed by atoms with Crippen molar-refractivity contribution in [1.82, 2.24) is 4.90 Å². The van der Waals surface area contributed by atoms with Crippen molar-refractivity contribution in [3.05, 3.63) is 0 Å². The van der Waals surface area contributed by atoms with Crippen molar-refractivity contribution in [3.63, 3.8) is 0 Å². The summed E-state index contributed by atoms with van der Waals surface area (Å²) in [6.07, 6.45) is 2.43. The van der Waals surface area contributed by atoms with Gasteiger partial charge in [-0.15, -0.1) is 0 Å². The molecule has 1 aliphatic carbocycles. The SMILES string of the molecule is NCC1CCCN(C(=O)C2CCC(F)(F)CC2)C1. The van der Waals surface area contributed by atoms with Gasteiger partial charge in [0, 0.05) is 31.8 Å². The van der Waals surface area contributed by atoms with E-state index >= 15 is 0 Å². The Hall–Kier alpha value is -0.710. The molecule has 104 valence electrons. The Morgan fingerprint density at radius 3 is 2.56 bits per heavy atom. The van der Waals surface area contributed by atoms with Crippen molar-refractivity contribution in [3.8, 4) is 0 Å². The van der Waals surface area contributed by atoms with Gasteiger partial charge >= 0.3 is 0 Å². The lowest BCUT2D eigenvalue weighted by Gasteiger charge is -2.36. The van der Waals surface area contributed by atoms with E-state index in [2.05, 4.69) is 0 Å². The molecule has 2 aliphatic rings. The fraction of sp³-hybridized carbons (Fsp3) is 0.923. The average molecular weight is 260 g/mol. The van der Waals surface area contributed by atoms with Gasteiger partial charge in [0.25, 0.3) is 0 Å². The van der Waals surface area contributed by atoms with Crippen LogP contribution in [0.3, 0.4) is 0 Å². The van der Waals surface area contributed by atoms with Crippen LogP contribution in [0.25, 0.3) is 0 Å². The second-order valence-corrected chi connectivity index (χ2v) is 5.66. The number of carbonyl (C=O) groups excluding carboxylic acids is 1. The fourth-order valence-corrected chi connectivity index (χ4v) is 3.00. The minimum Gasteiger partial charge on any atom is -0.342 e. The smallest absolute Gasteiger partial charge is 0.248 e. The summed E-state index contributed by atoms with van der Waals surface area (Å²) in [5.41, 5.74) is 5.64. The van der Waals surface area contributed by atoms with Crippen LogP contribution < -0.4 is 5.73 Å². The number of nitrogens with zero attached hydrogens (tertiary/aromatic N) is 1. The first-order valence-electron chi connectivity index (χ1n) is 6.88. The molecule has 1 saturated heterocycles. The van der Waals surface area contributed by atoms with E-state index in [0.717, 1.165) is 19.4 Å². The molecule has 18 heavy (non-hydrogen) atoms. The van der Waals surface area contributed by atoms with Crippen LogP contribution in [0.5, 0.6) is 0 Å². The molecule has 1 amide bonds. The third kappa shape index (κ3) is 3.19. The van der Waals surface area contributed by atoms with Gasteiger partial charge in [0.15, 0.2) is 0 Å². The monoisotopic (exact) mass is 260 g/mol. The third-order valence-electron chi connectivity index (χ3n) is 4.23. The summed E-state index contributed by atoms with van der Waals surface area (Å²) in [5, 5.41) is 0. The van der Waals surface area contributed by atoms with Gasteiger partial charge in [0.2, 0.25) is 11.8 Å². The quantitative estimate of drug-likeness (QED) is 0.825. The van der Waals surface area contributed by atoms with E-state index in [9.17, 15) is 13.6 Å². The fourth-order valence-electron chi connectivity index (χ4n) is 3.00. The van der Waals surface area contributed by atoms with Crippen molar-refractivity contribution in [1.29, 1.82) is 0 Å². The van der Waals surface area contributed by atoms with E-state index in [1.165, 1.54) is 0 Å². The van der Waals surface area contributed by atoms with Crippen LogP contribution in [-0.4, -0.2) is 36.4 Å². The first-order chi connectivity index (χ1) is 8.52. The van der Waals surface area contributed by atoms with Crippen molar-refractivity contribution < 1.29 is 13.6 Å². The Bertz CT molecular complexity index is 299.